The summed E-state index contributed by atoms with van der Waals surface area (Å²) in [6.45, 7) is 1.26. The molecule has 3 rings (SSSR count). The summed E-state index contributed by atoms with van der Waals surface area (Å²) in [5.41, 5.74) is 1.94. The third kappa shape index (κ3) is 2.86. The maximum Gasteiger partial charge on any atom is 0.170 e. The Kier molecular flexibility index (Phi) is 3.75. The number of para-hydroxylation sites is 1. The van der Waals surface area contributed by atoms with E-state index in [1.165, 1.54) is 0 Å². The smallest absolute Gasteiger partial charge is 0.170 e. The van der Waals surface area contributed by atoms with Crippen LogP contribution in [0.5, 0.6) is 0 Å². The Bertz CT molecular complexity index is 650. The number of nitrogens with one attached hydrogen (secondary N) is 1. The van der Waals surface area contributed by atoms with Gasteiger partial charge in [0.05, 0.1) is 17.9 Å². The Morgan fingerprint density at radius 2 is 1.80 bits per heavy atom. The minimum atomic E-state index is 0.582. The zero-order valence-electron chi connectivity index (χ0n) is 10.8. The molecule has 0 aliphatic carbocycles. The third-order valence-corrected chi connectivity index (χ3v) is 2.85. The Morgan fingerprint density at radius 1 is 0.950 bits per heavy atom. The molecule has 6 nitrogen and oxygen atoms in total. The van der Waals surface area contributed by atoms with E-state index < -0.39 is 0 Å². The number of hydrogen-bond acceptors (Lipinski definition) is 5. The van der Waals surface area contributed by atoms with Crippen molar-refractivity contribution in [3.63, 3.8) is 0 Å². The van der Waals surface area contributed by atoms with Crippen molar-refractivity contribution in [1.29, 1.82) is 0 Å². The molecule has 100 valence electrons. The summed E-state index contributed by atoms with van der Waals surface area (Å²) in [5, 5.41) is 15.1. The average Bonchev–Trinajstić information content (AvgIpc) is 2.98. The molecule has 2 aromatic heterocycles. The molecule has 1 aromatic carbocycles. The van der Waals surface area contributed by atoms with Gasteiger partial charge in [0.2, 0.25) is 0 Å². The van der Waals surface area contributed by atoms with E-state index >= 15 is 0 Å². The van der Waals surface area contributed by atoms with Gasteiger partial charge in [-0.05, 0) is 34.7 Å². The molecular formula is C14H14N6. The predicted octanol–water partition coefficient (Wildman–Crippen LogP) is 1.35. The molecular weight excluding hydrogens is 252 g/mol. The summed E-state index contributed by atoms with van der Waals surface area (Å²) >= 11 is 0. The third-order valence-electron chi connectivity index (χ3n) is 2.85. The van der Waals surface area contributed by atoms with Crippen LogP contribution < -0.4 is 5.32 Å². The van der Waals surface area contributed by atoms with Crippen molar-refractivity contribution >= 4 is 0 Å². The highest BCUT2D eigenvalue weighted by Crippen LogP contribution is 2.06. The highest BCUT2D eigenvalue weighted by atomic mass is 15.5. The second-order valence-electron chi connectivity index (χ2n) is 4.27. The topological polar surface area (TPSA) is 68.5 Å². The summed E-state index contributed by atoms with van der Waals surface area (Å²) < 4.78 is 1.73. The molecule has 2 heterocycles. The summed E-state index contributed by atoms with van der Waals surface area (Å²) in [7, 11) is 0. The van der Waals surface area contributed by atoms with Crippen LogP contribution in [0.2, 0.25) is 0 Å². The lowest BCUT2D eigenvalue weighted by Gasteiger charge is -2.05. The van der Waals surface area contributed by atoms with Gasteiger partial charge in [-0.2, -0.15) is 4.68 Å². The summed E-state index contributed by atoms with van der Waals surface area (Å²) in [4.78, 5) is 4.26. The van der Waals surface area contributed by atoms with Crippen LogP contribution in [0.1, 0.15) is 11.5 Å². The van der Waals surface area contributed by atoms with Gasteiger partial charge in [-0.15, -0.1) is 5.10 Å². The van der Waals surface area contributed by atoms with Gasteiger partial charge in [0.25, 0.3) is 0 Å². The first-order valence-electron chi connectivity index (χ1n) is 6.37. The first kappa shape index (κ1) is 12.4. The predicted molar refractivity (Wildman–Crippen MR) is 73.9 cm³/mol. The van der Waals surface area contributed by atoms with Crippen LogP contribution in [-0.2, 0) is 13.1 Å². The minimum Gasteiger partial charge on any atom is -0.304 e. The number of hydrogen-bond donors (Lipinski definition) is 1. The molecule has 0 radical (unpaired) electrons. The van der Waals surface area contributed by atoms with Gasteiger partial charge in [-0.3, -0.25) is 4.98 Å². The van der Waals surface area contributed by atoms with Crippen LogP contribution in [0.4, 0.5) is 0 Å². The average molecular weight is 266 g/mol. The molecule has 20 heavy (non-hydrogen) atoms. The largest absolute Gasteiger partial charge is 0.304 e. The van der Waals surface area contributed by atoms with Crippen molar-refractivity contribution in [2.75, 3.05) is 0 Å². The molecule has 0 saturated carbocycles. The maximum atomic E-state index is 4.26. The number of rotatable bonds is 5. The number of tetrazole rings is 1. The molecule has 0 aliphatic heterocycles. The fraction of sp³-hybridized carbons (Fsp3) is 0.143. The van der Waals surface area contributed by atoms with Crippen molar-refractivity contribution in [1.82, 2.24) is 30.5 Å². The lowest BCUT2D eigenvalue weighted by Crippen LogP contribution is -2.17. The lowest BCUT2D eigenvalue weighted by atomic mass is 10.3. The molecule has 6 heteroatoms. The number of benzene rings is 1. The number of aromatic nitrogens is 5. The van der Waals surface area contributed by atoms with Crippen LogP contribution >= 0.6 is 0 Å². The van der Waals surface area contributed by atoms with Crippen molar-refractivity contribution in [3.05, 3.63) is 66.2 Å². The zero-order valence-corrected chi connectivity index (χ0v) is 10.8. The Morgan fingerprint density at radius 3 is 2.60 bits per heavy atom. The molecule has 0 unspecified atom stereocenters. The fourth-order valence-corrected chi connectivity index (χ4v) is 1.89. The van der Waals surface area contributed by atoms with E-state index in [9.17, 15) is 0 Å². The molecule has 0 saturated heterocycles. The first-order valence-corrected chi connectivity index (χ1v) is 6.37. The van der Waals surface area contributed by atoms with E-state index in [-0.39, 0.29) is 0 Å². The van der Waals surface area contributed by atoms with Gasteiger partial charge >= 0.3 is 0 Å². The van der Waals surface area contributed by atoms with E-state index in [4.69, 9.17) is 0 Å². The second-order valence-corrected chi connectivity index (χ2v) is 4.27. The molecule has 0 atom stereocenters. The van der Waals surface area contributed by atoms with Gasteiger partial charge < -0.3 is 5.32 Å². The van der Waals surface area contributed by atoms with Crippen LogP contribution in [0.25, 0.3) is 5.69 Å². The van der Waals surface area contributed by atoms with E-state index in [0.29, 0.717) is 13.1 Å². The Hall–Kier alpha value is -2.60. The molecule has 0 amide bonds. The van der Waals surface area contributed by atoms with Crippen molar-refractivity contribution in [2.24, 2.45) is 0 Å². The van der Waals surface area contributed by atoms with Crippen LogP contribution in [0.3, 0.4) is 0 Å². The number of nitrogens with zero attached hydrogens (tertiary/aromatic N) is 5. The van der Waals surface area contributed by atoms with E-state index in [2.05, 4.69) is 25.8 Å². The monoisotopic (exact) mass is 266 g/mol. The Labute approximate surface area is 116 Å². The zero-order chi connectivity index (χ0) is 13.6. The molecule has 0 aliphatic rings. The number of pyridine rings is 1. The van der Waals surface area contributed by atoms with Gasteiger partial charge in [0.15, 0.2) is 5.82 Å². The molecule has 0 bridgehead atoms. The quantitative estimate of drug-likeness (QED) is 0.755. The standard InChI is InChI=1S/C14H14N6/c1-2-7-13(8-3-1)20-14(17-18-19-20)11-15-10-12-6-4-5-9-16-12/h1-9,15H,10-11H2. The lowest BCUT2D eigenvalue weighted by molar-refractivity contribution is 0.633. The van der Waals surface area contributed by atoms with Gasteiger partial charge in [-0.1, -0.05) is 24.3 Å². The second kappa shape index (κ2) is 6.03. The van der Waals surface area contributed by atoms with Crippen molar-refractivity contribution in [2.45, 2.75) is 13.1 Å². The molecule has 0 spiro atoms. The maximum absolute atomic E-state index is 4.26. The molecule has 1 N–H and O–H groups in total. The van der Waals surface area contributed by atoms with E-state index in [1.807, 2.05) is 48.5 Å². The Balaban J connectivity index is 1.66. The highest BCUT2D eigenvalue weighted by molar-refractivity contribution is 5.30. The highest BCUT2D eigenvalue weighted by Gasteiger charge is 2.07. The SMILES string of the molecule is c1ccc(-n2nnnc2CNCc2ccccn2)cc1. The fourth-order valence-electron chi connectivity index (χ4n) is 1.89. The molecule has 3 aromatic rings. The summed E-state index contributed by atoms with van der Waals surface area (Å²) in [5.74, 6) is 0.770. The minimum absolute atomic E-state index is 0.582. The van der Waals surface area contributed by atoms with E-state index in [0.717, 1.165) is 17.2 Å². The van der Waals surface area contributed by atoms with Crippen LogP contribution in [0, 0.1) is 0 Å². The van der Waals surface area contributed by atoms with Crippen LogP contribution in [0.15, 0.2) is 54.7 Å². The first-order chi connectivity index (χ1) is 9.93. The van der Waals surface area contributed by atoms with Gasteiger partial charge in [0.1, 0.15) is 0 Å². The molecule has 0 fully saturated rings. The van der Waals surface area contributed by atoms with Crippen molar-refractivity contribution < 1.29 is 0 Å². The van der Waals surface area contributed by atoms with E-state index in [1.54, 1.807) is 10.9 Å². The van der Waals surface area contributed by atoms with Gasteiger partial charge in [-0.25, -0.2) is 0 Å². The van der Waals surface area contributed by atoms with Crippen molar-refractivity contribution in [3.8, 4) is 5.69 Å². The summed E-state index contributed by atoms with van der Waals surface area (Å²) in [6.07, 6.45) is 1.78. The van der Waals surface area contributed by atoms with Gasteiger partial charge in [0, 0.05) is 12.7 Å². The summed E-state index contributed by atoms with van der Waals surface area (Å²) in [6, 6.07) is 15.7. The van der Waals surface area contributed by atoms with Crippen LogP contribution in [-0.4, -0.2) is 25.2 Å². The normalized spacial score (nSPS) is 10.6.